The standard InChI is InChI=1S/C9H4FIN2O3/c10-4-1-2-6(5(11)3-4)13-8(15)7(14)12-9(13)16/h1-3H,(H,12,14,16). The number of anilines is 1. The molecule has 2 rings (SSSR count). The molecule has 7 heteroatoms. The lowest BCUT2D eigenvalue weighted by Gasteiger charge is -2.12. The van der Waals surface area contributed by atoms with Gasteiger partial charge in [-0.2, -0.15) is 0 Å². The number of carbonyl (C=O) groups excluding carboxylic acids is 3. The molecule has 0 radical (unpaired) electrons. The minimum Gasteiger partial charge on any atom is -0.269 e. The van der Waals surface area contributed by atoms with Crippen LogP contribution in [0.5, 0.6) is 0 Å². The second-order valence-electron chi connectivity index (χ2n) is 3.00. The fourth-order valence-electron chi connectivity index (χ4n) is 1.28. The van der Waals surface area contributed by atoms with Crippen molar-refractivity contribution >= 4 is 46.1 Å². The van der Waals surface area contributed by atoms with Gasteiger partial charge >= 0.3 is 17.8 Å². The molecular weight excluding hydrogens is 330 g/mol. The summed E-state index contributed by atoms with van der Waals surface area (Å²) in [7, 11) is 0. The van der Waals surface area contributed by atoms with Crippen molar-refractivity contribution in [2.45, 2.75) is 0 Å². The number of amides is 4. The Morgan fingerprint density at radius 2 is 1.94 bits per heavy atom. The smallest absolute Gasteiger partial charge is 0.269 e. The Morgan fingerprint density at radius 3 is 2.44 bits per heavy atom. The number of rotatable bonds is 1. The van der Waals surface area contributed by atoms with Gasteiger partial charge in [-0.1, -0.05) is 0 Å². The van der Waals surface area contributed by atoms with Crippen LogP contribution in [-0.2, 0) is 9.59 Å². The van der Waals surface area contributed by atoms with Crippen LogP contribution in [0.4, 0.5) is 14.9 Å². The third-order valence-corrected chi connectivity index (χ3v) is 2.84. The average Bonchev–Trinajstić information content (AvgIpc) is 2.43. The maximum atomic E-state index is 12.8. The maximum absolute atomic E-state index is 12.8. The lowest BCUT2D eigenvalue weighted by atomic mass is 10.3. The number of benzene rings is 1. The Kier molecular flexibility index (Phi) is 2.62. The zero-order chi connectivity index (χ0) is 11.9. The van der Waals surface area contributed by atoms with E-state index in [1.54, 1.807) is 22.6 Å². The van der Waals surface area contributed by atoms with E-state index in [4.69, 9.17) is 0 Å². The first kappa shape index (κ1) is 11.0. The Bertz CT molecular complexity index is 517. The van der Waals surface area contributed by atoms with Crippen LogP contribution in [0, 0.1) is 9.39 Å². The van der Waals surface area contributed by atoms with Gasteiger partial charge in [0.15, 0.2) is 0 Å². The van der Waals surface area contributed by atoms with E-state index >= 15 is 0 Å². The molecule has 0 spiro atoms. The van der Waals surface area contributed by atoms with Gasteiger partial charge in [0, 0.05) is 3.57 Å². The first-order chi connectivity index (χ1) is 7.50. The van der Waals surface area contributed by atoms with Crippen LogP contribution in [0.2, 0.25) is 0 Å². The van der Waals surface area contributed by atoms with E-state index < -0.39 is 23.7 Å². The SMILES string of the molecule is O=C1NC(=O)N(c2ccc(F)cc2I)C1=O. The minimum absolute atomic E-state index is 0.190. The van der Waals surface area contributed by atoms with Gasteiger partial charge in [0.1, 0.15) is 5.82 Å². The molecule has 1 aliphatic heterocycles. The Labute approximate surface area is 103 Å². The third kappa shape index (κ3) is 1.66. The van der Waals surface area contributed by atoms with Crippen molar-refractivity contribution < 1.29 is 18.8 Å². The molecule has 0 saturated carbocycles. The molecular formula is C9H4FIN2O3. The molecule has 1 aromatic rings. The summed E-state index contributed by atoms with van der Waals surface area (Å²) in [5.74, 6) is -2.42. The van der Waals surface area contributed by atoms with E-state index in [-0.39, 0.29) is 5.69 Å². The van der Waals surface area contributed by atoms with Crippen LogP contribution < -0.4 is 10.2 Å². The fourth-order valence-corrected chi connectivity index (χ4v) is 2.00. The lowest BCUT2D eigenvalue weighted by molar-refractivity contribution is -0.134. The Balaban J connectivity index is 2.48. The van der Waals surface area contributed by atoms with Gasteiger partial charge in [-0.15, -0.1) is 0 Å². The molecule has 1 aliphatic rings. The number of hydrogen-bond acceptors (Lipinski definition) is 3. The van der Waals surface area contributed by atoms with Gasteiger partial charge in [0.25, 0.3) is 0 Å². The monoisotopic (exact) mass is 334 g/mol. The minimum atomic E-state index is -0.981. The summed E-state index contributed by atoms with van der Waals surface area (Å²) in [6, 6.07) is 2.73. The van der Waals surface area contributed by atoms with Crippen LogP contribution in [-0.4, -0.2) is 17.8 Å². The van der Waals surface area contributed by atoms with Gasteiger partial charge in [-0.3, -0.25) is 14.9 Å². The number of nitrogens with zero attached hydrogens (tertiary/aromatic N) is 1. The van der Waals surface area contributed by atoms with E-state index in [0.29, 0.717) is 8.47 Å². The van der Waals surface area contributed by atoms with Gasteiger partial charge in [-0.25, -0.2) is 14.1 Å². The van der Waals surface area contributed by atoms with E-state index in [2.05, 4.69) is 0 Å². The molecule has 1 heterocycles. The van der Waals surface area contributed by atoms with Crippen LogP contribution in [0.1, 0.15) is 0 Å². The van der Waals surface area contributed by atoms with Crippen molar-refractivity contribution in [3.63, 3.8) is 0 Å². The van der Waals surface area contributed by atoms with Gasteiger partial charge in [-0.05, 0) is 40.8 Å². The first-order valence-electron chi connectivity index (χ1n) is 4.15. The zero-order valence-electron chi connectivity index (χ0n) is 7.66. The number of urea groups is 1. The van der Waals surface area contributed by atoms with Crippen LogP contribution >= 0.6 is 22.6 Å². The zero-order valence-corrected chi connectivity index (χ0v) is 9.82. The largest absolute Gasteiger partial charge is 0.336 e. The molecule has 0 aliphatic carbocycles. The summed E-state index contributed by atoms with van der Waals surface area (Å²) >= 11 is 1.78. The van der Waals surface area contributed by atoms with Crippen molar-refractivity contribution in [3.05, 3.63) is 27.6 Å². The molecule has 0 aromatic heterocycles. The number of carbonyl (C=O) groups is 3. The van der Waals surface area contributed by atoms with E-state index in [1.165, 1.54) is 12.1 Å². The van der Waals surface area contributed by atoms with Gasteiger partial charge in [0.2, 0.25) is 0 Å². The number of hydrogen-bond donors (Lipinski definition) is 1. The van der Waals surface area contributed by atoms with Crippen molar-refractivity contribution in [2.75, 3.05) is 4.90 Å². The topological polar surface area (TPSA) is 66.5 Å². The van der Waals surface area contributed by atoms with Crippen molar-refractivity contribution in [1.82, 2.24) is 5.32 Å². The van der Waals surface area contributed by atoms with Crippen LogP contribution in [0.25, 0.3) is 0 Å². The molecule has 82 valence electrons. The number of imide groups is 2. The molecule has 4 amide bonds. The molecule has 0 atom stereocenters. The molecule has 1 aromatic carbocycles. The van der Waals surface area contributed by atoms with Crippen LogP contribution in [0.15, 0.2) is 18.2 Å². The van der Waals surface area contributed by atoms with Crippen molar-refractivity contribution in [2.24, 2.45) is 0 Å². The second kappa shape index (κ2) is 3.81. The quantitative estimate of drug-likeness (QED) is 0.474. The Morgan fingerprint density at radius 1 is 1.25 bits per heavy atom. The summed E-state index contributed by atoms with van der Waals surface area (Å²) in [6.45, 7) is 0. The van der Waals surface area contributed by atoms with Gasteiger partial charge < -0.3 is 0 Å². The van der Waals surface area contributed by atoms with E-state index in [9.17, 15) is 18.8 Å². The summed E-state index contributed by atoms with van der Waals surface area (Å²) in [6.07, 6.45) is 0. The molecule has 1 N–H and O–H groups in total. The van der Waals surface area contributed by atoms with Gasteiger partial charge in [0.05, 0.1) is 5.69 Å². The fraction of sp³-hybridized carbons (Fsp3) is 0. The normalized spacial score (nSPS) is 15.6. The molecule has 1 saturated heterocycles. The molecule has 5 nitrogen and oxygen atoms in total. The highest BCUT2D eigenvalue weighted by Gasteiger charge is 2.38. The predicted octanol–water partition coefficient (Wildman–Crippen LogP) is 1.01. The lowest BCUT2D eigenvalue weighted by Crippen LogP contribution is -2.31. The highest BCUT2D eigenvalue weighted by atomic mass is 127. The Hall–Kier alpha value is -1.51. The maximum Gasteiger partial charge on any atom is 0.336 e. The van der Waals surface area contributed by atoms with Crippen molar-refractivity contribution in [3.8, 4) is 0 Å². The summed E-state index contributed by atoms with van der Waals surface area (Å²) in [5, 5.41) is 1.86. The highest BCUT2D eigenvalue weighted by Crippen LogP contribution is 2.25. The molecule has 1 fully saturated rings. The number of halogens is 2. The van der Waals surface area contributed by atoms with E-state index in [0.717, 1.165) is 6.07 Å². The molecule has 16 heavy (non-hydrogen) atoms. The van der Waals surface area contributed by atoms with Crippen molar-refractivity contribution in [1.29, 1.82) is 0 Å². The number of nitrogens with one attached hydrogen (secondary N) is 1. The van der Waals surface area contributed by atoms with E-state index in [1.807, 2.05) is 5.32 Å². The average molecular weight is 334 g/mol. The summed E-state index contributed by atoms with van der Waals surface area (Å²) in [4.78, 5) is 34.3. The second-order valence-corrected chi connectivity index (χ2v) is 4.16. The predicted molar refractivity (Wildman–Crippen MR) is 60.1 cm³/mol. The molecule has 0 bridgehead atoms. The molecule has 0 unspecified atom stereocenters. The summed E-state index contributed by atoms with van der Waals surface area (Å²) in [5.41, 5.74) is 0.190. The highest BCUT2D eigenvalue weighted by molar-refractivity contribution is 14.1. The summed E-state index contributed by atoms with van der Waals surface area (Å²) < 4.78 is 13.2. The van der Waals surface area contributed by atoms with Crippen LogP contribution in [0.3, 0.4) is 0 Å². The third-order valence-electron chi connectivity index (χ3n) is 1.97. The first-order valence-corrected chi connectivity index (χ1v) is 5.23.